The van der Waals surface area contributed by atoms with Crippen LogP contribution < -0.4 is 0 Å². The first kappa shape index (κ1) is 11.5. The van der Waals surface area contributed by atoms with Crippen LogP contribution in [0.2, 0.25) is 0 Å². The molecule has 0 bridgehead atoms. The topological polar surface area (TPSA) is 40.5 Å². The summed E-state index contributed by atoms with van der Waals surface area (Å²) in [5, 5.41) is 18.8. The number of rotatable bonds is 3. The zero-order valence-corrected chi connectivity index (χ0v) is 9.03. The van der Waals surface area contributed by atoms with E-state index in [2.05, 4.69) is 26.0 Å². The molecule has 2 heteroatoms. The van der Waals surface area contributed by atoms with E-state index in [1.54, 1.807) is 0 Å². The van der Waals surface area contributed by atoms with Crippen molar-refractivity contribution in [3.63, 3.8) is 0 Å². The lowest BCUT2D eigenvalue weighted by Gasteiger charge is -2.23. The summed E-state index contributed by atoms with van der Waals surface area (Å²) in [4.78, 5) is 0. The molecule has 2 atom stereocenters. The average molecular weight is 196 g/mol. The molecule has 1 rings (SSSR count). The molecule has 2 N–H and O–H groups in total. The molecular formula is C12H20O2. The second-order valence-corrected chi connectivity index (χ2v) is 4.26. The van der Waals surface area contributed by atoms with Crippen LogP contribution in [0, 0.1) is 0 Å². The van der Waals surface area contributed by atoms with Crippen LogP contribution in [0.4, 0.5) is 0 Å². The minimum atomic E-state index is -0.554. The fraction of sp³-hybridized carbons (Fsp3) is 0.667. The standard InChI is InChI=1S/C12H20O2/c1-9(2)4-3-5-10-6-7-11(13)12(14)8-10/h4,6,11-14H,3,5,7-8H2,1-2H3. The molecule has 1 aliphatic carbocycles. The molecule has 0 radical (unpaired) electrons. The van der Waals surface area contributed by atoms with Crippen LogP contribution in [0.25, 0.3) is 0 Å². The molecule has 0 aliphatic heterocycles. The van der Waals surface area contributed by atoms with Gasteiger partial charge in [0.25, 0.3) is 0 Å². The van der Waals surface area contributed by atoms with Gasteiger partial charge in [-0.2, -0.15) is 0 Å². The first-order chi connectivity index (χ1) is 6.59. The highest BCUT2D eigenvalue weighted by atomic mass is 16.3. The molecule has 0 saturated carbocycles. The summed E-state index contributed by atoms with van der Waals surface area (Å²) in [5.41, 5.74) is 2.61. The van der Waals surface area contributed by atoms with Crippen molar-refractivity contribution in [1.29, 1.82) is 0 Å². The maximum atomic E-state index is 9.45. The molecule has 2 unspecified atom stereocenters. The normalized spacial score (nSPS) is 27.0. The van der Waals surface area contributed by atoms with Crippen molar-refractivity contribution >= 4 is 0 Å². The largest absolute Gasteiger partial charge is 0.390 e. The minimum Gasteiger partial charge on any atom is -0.390 e. The lowest BCUT2D eigenvalue weighted by molar-refractivity contribution is 0.0163. The Kier molecular flexibility index (Phi) is 4.36. The smallest absolute Gasteiger partial charge is 0.0839 e. The summed E-state index contributed by atoms with van der Waals surface area (Å²) in [7, 11) is 0. The molecule has 0 heterocycles. The molecule has 80 valence electrons. The molecule has 0 aromatic carbocycles. The molecule has 2 nitrogen and oxygen atoms in total. The molecule has 0 amide bonds. The Bertz CT molecular complexity index is 237. The van der Waals surface area contributed by atoms with E-state index in [0.29, 0.717) is 12.8 Å². The van der Waals surface area contributed by atoms with Crippen LogP contribution in [0.1, 0.15) is 39.5 Å². The maximum Gasteiger partial charge on any atom is 0.0839 e. The zero-order valence-electron chi connectivity index (χ0n) is 9.03. The first-order valence-corrected chi connectivity index (χ1v) is 5.27. The van der Waals surface area contributed by atoms with Crippen molar-refractivity contribution in [3.05, 3.63) is 23.3 Å². The van der Waals surface area contributed by atoms with Gasteiger partial charge in [0.1, 0.15) is 0 Å². The Hall–Kier alpha value is -0.600. The average Bonchev–Trinajstić information content (AvgIpc) is 2.10. The maximum absolute atomic E-state index is 9.45. The van der Waals surface area contributed by atoms with Gasteiger partial charge in [0.2, 0.25) is 0 Å². The van der Waals surface area contributed by atoms with Gasteiger partial charge < -0.3 is 10.2 Å². The SMILES string of the molecule is CC(C)=CCCC1=CCC(O)C(O)C1. The van der Waals surface area contributed by atoms with Gasteiger partial charge in [-0.05, 0) is 39.5 Å². The second-order valence-electron chi connectivity index (χ2n) is 4.26. The Labute approximate surface area is 86.0 Å². The summed E-state index contributed by atoms with van der Waals surface area (Å²) in [5.74, 6) is 0. The molecule has 0 saturated heterocycles. The van der Waals surface area contributed by atoms with Crippen molar-refractivity contribution < 1.29 is 10.2 Å². The van der Waals surface area contributed by atoms with Crippen molar-refractivity contribution in [2.45, 2.75) is 51.7 Å². The van der Waals surface area contributed by atoms with Crippen LogP contribution in [0.15, 0.2) is 23.3 Å². The van der Waals surface area contributed by atoms with E-state index >= 15 is 0 Å². The Balaban J connectivity index is 2.36. The van der Waals surface area contributed by atoms with Gasteiger partial charge in [0.15, 0.2) is 0 Å². The molecule has 14 heavy (non-hydrogen) atoms. The highest BCUT2D eigenvalue weighted by Crippen LogP contribution is 2.22. The van der Waals surface area contributed by atoms with E-state index in [0.717, 1.165) is 12.8 Å². The third kappa shape index (κ3) is 3.64. The summed E-state index contributed by atoms with van der Waals surface area (Å²) >= 11 is 0. The lowest BCUT2D eigenvalue weighted by atomic mass is 9.91. The van der Waals surface area contributed by atoms with Gasteiger partial charge in [-0.15, -0.1) is 0 Å². The highest BCUT2D eigenvalue weighted by molar-refractivity contribution is 5.11. The van der Waals surface area contributed by atoms with Crippen molar-refractivity contribution in [2.75, 3.05) is 0 Å². The number of hydrogen-bond acceptors (Lipinski definition) is 2. The monoisotopic (exact) mass is 196 g/mol. The first-order valence-electron chi connectivity index (χ1n) is 5.27. The quantitative estimate of drug-likeness (QED) is 0.679. The van der Waals surface area contributed by atoms with Gasteiger partial charge in [-0.25, -0.2) is 0 Å². The van der Waals surface area contributed by atoms with E-state index in [4.69, 9.17) is 0 Å². The van der Waals surface area contributed by atoms with Crippen LogP contribution in [0.3, 0.4) is 0 Å². The van der Waals surface area contributed by atoms with Gasteiger partial charge in [0.05, 0.1) is 12.2 Å². The second kappa shape index (κ2) is 5.32. The summed E-state index contributed by atoms with van der Waals surface area (Å²) < 4.78 is 0. The van der Waals surface area contributed by atoms with Crippen LogP contribution in [0.5, 0.6) is 0 Å². The van der Waals surface area contributed by atoms with Crippen LogP contribution >= 0.6 is 0 Å². The van der Waals surface area contributed by atoms with Gasteiger partial charge in [0, 0.05) is 0 Å². The predicted molar refractivity (Wildman–Crippen MR) is 58.0 cm³/mol. The summed E-state index contributed by atoms with van der Waals surface area (Å²) in [6, 6.07) is 0. The molecule has 1 aliphatic rings. The van der Waals surface area contributed by atoms with Crippen LogP contribution in [-0.4, -0.2) is 22.4 Å². The van der Waals surface area contributed by atoms with E-state index in [-0.39, 0.29) is 0 Å². The number of aliphatic hydroxyl groups excluding tert-OH is 2. The molecule has 0 aromatic rings. The van der Waals surface area contributed by atoms with E-state index < -0.39 is 12.2 Å². The fourth-order valence-electron chi connectivity index (χ4n) is 1.68. The van der Waals surface area contributed by atoms with E-state index in [9.17, 15) is 10.2 Å². The summed E-state index contributed by atoms with van der Waals surface area (Å²) in [6.45, 7) is 4.18. The number of hydrogen-bond donors (Lipinski definition) is 2. The number of aliphatic hydroxyl groups is 2. The predicted octanol–water partition coefficient (Wildman–Crippen LogP) is 2.17. The van der Waals surface area contributed by atoms with E-state index in [1.165, 1.54) is 11.1 Å². The third-order valence-electron chi connectivity index (χ3n) is 2.58. The Morgan fingerprint density at radius 3 is 2.71 bits per heavy atom. The van der Waals surface area contributed by atoms with Crippen LogP contribution in [-0.2, 0) is 0 Å². The molecule has 0 aromatic heterocycles. The van der Waals surface area contributed by atoms with E-state index in [1.807, 2.05) is 0 Å². The highest BCUT2D eigenvalue weighted by Gasteiger charge is 2.20. The van der Waals surface area contributed by atoms with Gasteiger partial charge in [-0.1, -0.05) is 23.3 Å². The van der Waals surface area contributed by atoms with Crippen molar-refractivity contribution in [3.8, 4) is 0 Å². The Morgan fingerprint density at radius 2 is 2.14 bits per heavy atom. The van der Waals surface area contributed by atoms with Gasteiger partial charge in [-0.3, -0.25) is 0 Å². The fourth-order valence-corrected chi connectivity index (χ4v) is 1.68. The van der Waals surface area contributed by atoms with Crippen molar-refractivity contribution in [1.82, 2.24) is 0 Å². The molecular weight excluding hydrogens is 176 g/mol. The summed E-state index contributed by atoms with van der Waals surface area (Å²) in [6.07, 6.45) is 6.45. The van der Waals surface area contributed by atoms with Crippen molar-refractivity contribution in [2.24, 2.45) is 0 Å². The zero-order chi connectivity index (χ0) is 10.6. The molecule has 0 spiro atoms. The minimum absolute atomic E-state index is 0.554. The van der Waals surface area contributed by atoms with Gasteiger partial charge >= 0.3 is 0 Å². The number of allylic oxidation sites excluding steroid dienone is 2. The lowest BCUT2D eigenvalue weighted by Crippen LogP contribution is -2.28. The Morgan fingerprint density at radius 1 is 1.43 bits per heavy atom. The molecule has 0 fully saturated rings. The third-order valence-corrected chi connectivity index (χ3v) is 2.58.